The smallest absolute Gasteiger partial charge is 0.323 e. The number of nitrogens with zero attached hydrogens (tertiary/aromatic N) is 2. The molecule has 9 heteroatoms. The van der Waals surface area contributed by atoms with Crippen LogP contribution < -0.4 is 20.7 Å². The Morgan fingerprint density at radius 2 is 1.85 bits per heavy atom. The zero-order valence-corrected chi connectivity index (χ0v) is 20.3. The van der Waals surface area contributed by atoms with E-state index in [9.17, 15) is 9.59 Å². The van der Waals surface area contributed by atoms with Crippen LogP contribution in [0.4, 0.5) is 22.0 Å². The molecule has 2 aromatic heterocycles. The standard InChI is InChI=1S/C25H24BrN5O3/c1-3-24(32)30-23-13-16(9-11-27-23)15-31-12-10-18-19(5-4-6-21(18)31)28-25(33)29-20-14-17(26)7-8-22(20)34-2/h4-14H,3,15H2,1-2H3,(H,27,30,32)(H2,28,29,33). The van der Waals surface area contributed by atoms with Crippen molar-refractivity contribution in [3.63, 3.8) is 0 Å². The molecule has 0 atom stereocenters. The summed E-state index contributed by atoms with van der Waals surface area (Å²) in [6.45, 7) is 2.39. The van der Waals surface area contributed by atoms with Crippen LogP contribution in [0.2, 0.25) is 0 Å². The van der Waals surface area contributed by atoms with Crippen LogP contribution in [-0.4, -0.2) is 28.6 Å². The van der Waals surface area contributed by atoms with Crippen molar-refractivity contribution in [1.29, 1.82) is 0 Å². The number of fused-ring (bicyclic) bond motifs is 1. The van der Waals surface area contributed by atoms with Crippen LogP contribution in [-0.2, 0) is 11.3 Å². The fourth-order valence-corrected chi connectivity index (χ4v) is 3.95. The van der Waals surface area contributed by atoms with Gasteiger partial charge >= 0.3 is 6.03 Å². The zero-order valence-electron chi connectivity index (χ0n) is 18.8. The molecule has 0 radical (unpaired) electrons. The molecule has 3 amide bonds. The molecule has 0 saturated carbocycles. The summed E-state index contributed by atoms with van der Waals surface area (Å²) in [5, 5.41) is 9.46. The Labute approximate surface area is 205 Å². The Morgan fingerprint density at radius 1 is 1.03 bits per heavy atom. The number of hydrogen-bond acceptors (Lipinski definition) is 4. The van der Waals surface area contributed by atoms with Gasteiger partial charge in [-0.2, -0.15) is 0 Å². The number of urea groups is 1. The van der Waals surface area contributed by atoms with Gasteiger partial charge in [-0.05, 0) is 54.1 Å². The summed E-state index contributed by atoms with van der Waals surface area (Å²) in [4.78, 5) is 28.6. The van der Waals surface area contributed by atoms with Crippen LogP contribution in [0, 0.1) is 0 Å². The number of anilines is 3. The van der Waals surface area contributed by atoms with Crippen LogP contribution in [0.3, 0.4) is 0 Å². The molecular weight excluding hydrogens is 498 g/mol. The molecule has 0 aliphatic carbocycles. The number of pyridine rings is 1. The SMILES string of the molecule is CCC(=O)Nc1cc(Cn2ccc3c(NC(=O)Nc4cc(Br)ccc4OC)cccc32)ccn1. The third-order valence-electron chi connectivity index (χ3n) is 5.24. The molecule has 3 N–H and O–H groups in total. The summed E-state index contributed by atoms with van der Waals surface area (Å²) >= 11 is 3.41. The number of amides is 3. The first kappa shape index (κ1) is 23.3. The number of rotatable bonds is 7. The van der Waals surface area contributed by atoms with Gasteiger partial charge in [0.1, 0.15) is 11.6 Å². The molecule has 0 spiro atoms. The van der Waals surface area contributed by atoms with Crippen LogP contribution in [0.5, 0.6) is 5.75 Å². The molecular formula is C25H24BrN5O3. The van der Waals surface area contributed by atoms with Crippen LogP contribution in [0.25, 0.3) is 10.9 Å². The Bertz CT molecular complexity index is 1350. The lowest BCUT2D eigenvalue weighted by atomic mass is 10.2. The van der Waals surface area contributed by atoms with Crippen LogP contribution in [0.1, 0.15) is 18.9 Å². The molecule has 4 aromatic rings. The van der Waals surface area contributed by atoms with Gasteiger partial charge in [-0.3, -0.25) is 4.79 Å². The third kappa shape index (κ3) is 5.37. The zero-order chi connectivity index (χ0) is 24.1. The number of benzene rings is 2. The highest BCUT2D eigenvalue weighted by atomic mass is 79.9. The van der Waals surface area contributed by atoms with Gasteiger partial charge in [0.15, 0.2) is 0 Å². The van der Waals surface area contributed by atoms with Crippen molar-refractivity contribution in [2.24, 2.45) is 0 Å². The largest absolute Gasteiger partial charge is 0.495 e. The highest BCUT2D eigenvalue weighted by Gasteiger charge is 2.12. The molecule has 34 heavy (non-hydrogen) atoms. The number of carbonyl (C=O) groups excluding carboxylic acids is 2. The lowest BCUT2D eigenvalue weighted by Gasteiger charge is -2.13. The normalized spacial score (nSPS) is 10.7. The number of aromatic nitrogens is 2. The predicted octanol–water partition coefficient (Wildman–Crippen LogP) is 5.85. The van der Waals surface area contributed by atoms with E-state index in [1.54, 1.807) is 32.4 Å². The van der Waals surface area contributed by atoms with E-state index in [2.05, 4.69) is 41.4 Å². The Morgan fingerprint density at radius 3 is 2.65 bits per heavy atom. The fourth-order valence-electron chi connectivity index (χ4n) is 3.59. The van der Waals surface area contributed by atoms with Crippen molar-refractivity contribution >= 4 is 56.0 Å². The van der Waals surface area contributed by atoms with E-state index in [1.165, 1.54) is 0 Å². The highest BCUT2D eigenvalue weighted by Crippen LogP contribution is 2.29. The minimum Gasteiger partial charge on any atom is -0.495 e. The average Bonchev–Trinajstić information content (AvgIpc) is 3.23. The van der Waals surface area contributed by atoms with E-state index in [1.807, 2.05) is 48.7 Å². The van der Waals surface area contributed by atoms with Crippen molar-refractivity contribution in [3.05, 3.63) is 77.0 Å². The molecule has 0 bridgehead atoms. The first-order valence-electron chi connectivity index (χ1n) is 10.7. The summed E-state index contributed by atoms with van der Waals surface area (Å²) < 4.78 is 8.23. The molecule has 0 aliphatic rings. The lowest BCUT2D eigenvalue weighted by molar-refractivity contribution is -0.115. The van der Waals surface area contributed by atoms with Gasteiger partial charge in [0.05, 0.1) is 24.0 Å². The molecule has 2 heterocycles. The maximum Gasteiger partial charge on any atom is 0.323 e. The van der Waals surface area contributed by atoms with E-state index in [4.69, 9.17) is 4.74 Å². The molecule has 0 saturated heterocycles. The number of halogens is 1. The predicted molar refractivity (Wildman–Crippen MR) is 138 cm³/mol. The number of nitrogens with one attached hydrogen (secondary N) is 3. The van der Waals surface area contributed by atoms with Crippen molar-refractivity contribution in [2.45, 2.75) is 19.9 Å². The number of hydrogen-bond donors (Lipinski definition) is 3. The summed E-state index contributed by atoms with van der Waals surface area (Å²) in [5.41, 5.74) is 3.21. The lowest BCUT2D eigenvalue weighted by Crippen LogP contribution is -2.20. The van der Waals surface area contributed by atoms with E-state index >= 15 is 0 Å². The molecule has 0 fully saturated rings. The first-order valence-corrected chi connectivity index (χ1v) is 11.5. The molecule has 0 aliphatic heterocycles. The van der Waals surface area contributed by atoms with Gasteiger partial charge in [0.25, 0.3) is 0 Å². The van der Waals surface area contributed by atoms with E-state index in [-0.39, 0.29) is 11.9 Å². The summed E-state index contributed by atoms with van der Waals surface area (Å²) in [6, 6.07) is 16.5. The maximum atomic E-state index is 12.7. The van der Waals surface area contributed by atoms with E-state index in [0.29, 0.717) is 35.9 Å². The maximum absolute atomic E-state index is 12.7. The summed E-state index contributed by atoms with van der Waals surface area (Å²) in [7, 11) is 1.55. The summed E-state index contributed by atoms with van der Waals surface area (Å²) in [6.07, 6.45) is 4.04. The van der Waals surface area contributed by atoms with Gasteiger partial charge in [0, 0.05) is 35.2 Å². The third-order valence-corrected chi connectivity index (χ3v) is 5.73. The second kappa shape index (κ2) is 10.4. The molecule has 2 aromatic carbocycles. The van der Waals surface area contributed by atoms with Crippen molar-refractivity contribution in [1.82, 2.24) is 9.55 Å². The van der Waals surface area contributed by atoms with Crippen molar-refractivity contribution < 1.29 is 14.3 Å². The van der Waals surface area contributed by atoms with E-state index < -0.39 is 0 Å². The fraction of sp³-hybridized carbons (Fsp3) is 0.160. The summed E-state index contributed by atoms with van der Waals surface area (Å²) in [5.74, 6) is 1.02. The number of carbonyl (C=O) groups is 2. The highest BCUT2D eigenvalue weighted by molar-refractivity contribution is 9.10. The minimum absolute atomic E-state index is 0.0782. The number of methoxy groups -OCH3 is 1. The molecule has 0 unspecified atom stereocenters. The Hall–Kier alpha value is -3.85. The Kier molecular flexibility index (Phi) is 7.12. The van der Waals surface area contributed by atoms with Gasteiger partial charge in [-0.1, -0.05) is 28.9 Å². The quantitative estimate of drug-likeness (QED) is 0.284. The van der Waals surface area contributed by atoms with Crippen LogP contribution >= 0.6 is 15.9 Å². The minimum atomic E-state index is -0.373. The van der Waals surface area contributed by atoms with Gasteiger partial charge in [0.2, 0.25) is 5.91 Å². The average molecular weight is 522 g/mol. The van der Waals surface area contributed by atoms with Gasteiger partial charge in [-0.25, -0.2) is 9.78 Å². The molecule has 174 valence electrons. The second-order valence-electron chi connectivity index (χ2n) is 7.56. The number of ether oxygens (including phenoxy) is 1. The topological polar surface area (TPSA) is 97.3 Å². The van der Waals surface area contributed by atoms with Crippen molar-refractivity contribution in [3.8, 4) is 5.75 Å². The van der Waals surface area contributed by atoms with Crippen LogP contribution in [0.15, 0.2) is 71.5 Å². The van der Waals surface area contributed by atoms with Gasteiger partial charge in [-0.15, -0.1) is 0 Å². The van der Waals surface area contributed by atoms with E-state index in [0.717, 1.165) is 20.9 Å². The van der Waals surface area contributed by atoms with Gasteiger partial charge < -0.3 is 25.3 Å². The molecule has 8 nitrogen and oxygen atoms in total. The second-order valence-corrected chi connectivity index (χ2v) is 8.47. The monoisotopic (exact) mass is 521 g/mol. The molecule has 4 rings (SSSR count). The Balaban J connectivity index is 1.52. The van der Waals surface area contributed by atoms with Crippen molar-refractivity contribution in [2.75, 3.05) is 23.1 Å². The first-order chi connectivity index (χ1) is 16.5.